The second-order valence-corrected chi connectivity index (χ2v) is 11.5. The quantitative estimate of drug-likeness (QED) is 0.432. The van der Waals surface area contributed by atoms with Gasteiger partial charge in [0.25, 0.3) is 0 Å². The molecule has 0 unspecified atom stereocenters. The van der Waals surface area contributed by atoms with Crippen molar-refractivity contribution in [3.05, 3.63) is 46.1 Å². The van der Waals surface area contributed by atoms with Crippen molar-refractivity contribution in [3.63, 3.8) is 0 Å². The number of ether oxygens (including phenoxy) is 1. The summed E-state index contributed by atoms with van der Waals surface area (Å²) in [5, 5.41) is 0.937. The number of carbonyl (C=O) groups excluding carboxylic acids is 1. The van der Waals surface area contributed by atoms with E-state index in [1.807, 2.05) is 0 Å². The number of hydrogen-bond donors (Lipinski definition) is 1. The van der Waals surface area contributed by atoms with Crippen molar-refractivity contribution in [2.45, 2.75) is 56.4 Å². The number of nitrogen functional groups attached to an aromatic ring is 1. The lowest BCUT2D eigenvalue weighted by molar-refractivity contribution is 0.0462. The summed E-state index contributed by atoms with van der Waals surface area (Å²) in [6, 6.07) is 5.96. The summed E-state index contributed by atoms with van der Waals surface area (Å²) >= 11 is 1.65. The monoisotopic (exact) mass is 486 g/mol. The Hall–Kier alpha value is -2.56. The molecule has 1 aliphatic carbocycles. The maximum Gasteiger partial charge on any atom is 0.338 e. The lowest BCUT2D eigenvalue weighted by Crippen LogP contribution is -2.28. The lowest BCUT2D eigenvalue weighted by Gasteiger charge is -2.15. The molecule has 0 saturated carbocycles. The van der Waals surface area contributed by atoms with Crippen LogP contribution in [0.4, 0.5) is 5.82 Å². The summed E-state index contributed by atoms with van der Waals surface area (Å²) in [5.74, 6) is 0.132. The first-order valence-corrected chi connectivity index (χ1v) is 13.5. The van der Waals surface area contributed by atoms with Crippen LogP contribution in [0.2, 0.25) is 0 Å². The molecule has 0 spiro atoms. The predicted molar refractivity (Wildman–Crippen MR) is 127 cm³/mol. The number of nitrogens with two attached hydrogens (primary N) is 1. The Labute approximate surface area is 196 Å². The molecule has 3 aromatic rings. The van der Waals surface area contributed by atoms with Gasteiger partial charge in [-0.3, -0.25) is 0 Å². The van der Waals surface area contributed by atoms with Crippen LogP contribution in [-0.4, -0.2) is 41.7 Å². The number of aromatic nitrogens is 2. The predicted octanol–water partition coefficient (Wildman–Crippen LogP) is 3.68. The summed E-state index contributed by atoms with van der Waals surface area (Å²) in [4.78, 5) is 23.9. The van der Waals surface area contributed by atoms with Gasteiger partial charge in [0, 0.05) is 18.0 Å². The Morgan fingerprint density at radius 3 is 2.70 bits per heavy atom. The van der Waals surface area contributed by atoms with Gasteiger partial charge < -0.3 is 10.5 Å². The van der Waals surface area contributed by atoms with E-state index in [1.54, 1.807) is 23.5 Å². The third-order valence-electron chi connectivity index (χ3n) is 6.24. The number of fused-ring (bicyclic) bond motifs is 3. The van der Waals surface area contributed by atoms with Crippen LogP contribution in [0.15, 0.2) is 29.2 Å². The van der Waals surface area contributed by atoms with E-state index >= 15 is 0 Å². The summed E-state index contributed by atoms with van der Waals surface area (Å²) in [7, 11) is -3.61. The van der Waals surface area contributed by atoms with Gasteiger partial charge in [-0.25, -0.2) is 23.2 Å². The fourth-order valence-corrected chi connectivity index (χ4v) is 7.40. The zero-order valence-electron chi connectivity index (χ0n) is 18.2. The molecule has 1 aromatic carbocycles. The highest BCUT2D eigenvalue weighted by Gasteiger charge is 2.28. The number of anilines is 1. The van der Waals surface area contributed by atoms with E-state index in [4.69, 9.17) is 10.5 Å². The summed E-state index contributed by atoms with van der Waals surface area (Å²) < 4.78 is 32.5. The number of thiophene rings is 1. The first-order valence-electron chi connectivity index (χ1n) is 11.3. The summed E-state index contributed by atoms with van der Waals surface area (Å²) in [5.41, 5.74) is 7.71. The molecule has 3 heterocycles. The average Bonchev–Trinajstić information content (AvgIpc) is 3.42. The van der Waals surface area contributed by atoms with E-state index in [0.29, 0.717) is 24.7 Å². The lowest BCUT2D eigenvalue weighted by atomic mass is 10.1. The van der Waals surface area contributed by atoms with Crippen molar-refractivity contribution in [1.82, 2.24) is 14.3 Å². The number of benzene rings is 1. The Balaban J connectivity index is 1.33. The molecule has 0 bridgehead atoms. The molecular weight excluding hydrogens is 460 g/mol. The largest absolute Gasteiger partial charge is 0.454 e. The number of esters is 1. The molecule has 2 aromatic heterocycles. The molecule has 1 saturated heterocycles. The van der Waals surface area contributed by atoms with Crippen LogP contribution in [0.5, 0.6) is 0 Å². The summed E-state index contributed by atoms with van der Waals surface area (Å²) in [6.45, 7) is 0.874. The van der Waals surface area contributed by atoms with E-state index in [-0.39, 0.29) is 17.1 Å². The van der Waals surface area contributed by atoms with Gasteiger partial charge >= 0.3 is 5.97 Å². The maximum absolute atomic E-state index is 12.8. The second-order valence-electron chi connectivity index (χ2n) is 8.48. The van der Waals surface area contributed by atoms with Gasteiger partial charge in [0.05, 0.1) is 15.8 Å². The fourth-order valence-electron chi connectivity index (χ4n) is 4.55. The Morgan fingerprint density at radius 2 is 1.88 bits per heavy atom. The van der Waals surface area contributed by atoms with Gasteiger partial charge in [0.2, 0.25) is 10.0 Å². The molecule has 2 aliphatic rings. The second kappa shape index (κ2) is 9.00. The average molecular weight is 487 g/mol. The van der Waals surface area contributed by atoms with Gasteiger partial charge in [-0.2, -0.15) is 4.31 Å². The molecule has 2 N–H and O–H groups in total. The molecule has 33 heavy (non-hydrogen) atoms. The minimum absolute atomic E-state index is 0.0980. The first-order chi connectivity index (χ1) is 15.9. The van der Waals surface area contributed by atoms with Crippen molar-refractivity contribution in [1.29, 1.82) is 0 Å². The molecule has 0 radical (unpaired) electrons. The minimum atomic E-state index is -3.61. The van der Waals surface area contributed by atoms with E-state index in [2.05, 4.69) is 9.97 Å². The van der Waals surface area contributed by atoms with Crippen molar-refractivity contribution >= 4 is 43.4 Å². The zero-order chi connectivity index (χ0) is 23.0. The van der Waals surface area contributed by atoms with Gasteiger partial charge in [0.15, 0.2) is 12.4 Å². The van der Waals surface area contributed by atoms with Gasteiger partial charge in [0.1, 0.15) is 10.6 Å². The SMILES string of the molecule is Nc1nc(COC(=O)c2cccc(S(=O)(=O)N3CCCC3)c2)nc2sc3c(c12)CCCCC3. The maximum atomic E-state index is 12.8. The molecular formula is C23H26N4O4S2. The molecule has 8 nitrogen and oxygen atoms in total. The zero-order valence-corrected chi connectivity index (χ0v) is 19.9. The van der Waals surface area contributed by atoms with Crippen LogP contribution in [0.25, 0.3) is 10.2 Å². The fraction of sp³-hybridized carbons (Fsp3) is 0.435. The van der Waals surface area contributed by atoms with E-state index in [9.17, 15) is 13.2 Å². The van der Waals surface area contributed by atoms with Crippen molar-refractivity contribution in [2.24, 2.45) is 0 Å². The van der Waals surface area contributed by atoms with Crippen LogP contribution in [0, 0.1) is 0 Å². The highest BCUT2D eigenvalue weighted by molar-refractivity contribution is 7.89. The number of sulfonamides is 1. The van der Waals surface area contributed by atoms with Crippen LogP contribution in [0.3, 0.4) is 0 Å². The molecule has 0 atom stereocenters. The molecule has 0 amide bonds. The smallest absolute Gasteiger partial charge is 0.338 e. The molecule has 174 valence electrons. The van der Waals surface area contributed by atoms with E-state index in [0.717, 1.165) is 42.3 Å². The number of carbonyl (C=O) groups is 1. The Morgan fingerprint density at radius 1 is 1.09 bits per heavy atom. The molecule has 5 rings (SSSR count). The van der Waals surface area contributed by atoms with Crippen LogP contribution >= 0.6 is 11.3 Å². The normalized spacial score (nSPS) is 17.1. The van der Waals surface area contributed by atoms with Crippen molar-refractivity contribution < 1.29 is 17.9 Å². The summed E-state index contributed by atoms with van der Waals surface area (Å²) in [6.07, 6.45) is 7.26. The van der Waals surface area contributed by atoms with Crippen molar-refractivity contribution in [2.75, 3.05) is 18.8 Å². The number of nitrogens with zero attached hydrogens (tertiary/aromatic N) is 3. The Kier molecular flexibility index (Phi) is 6.07. The minimum Gasteiger partial charge on any atom is -0.454 e. The standard InChI is InChI=1S/C23H26N4O4S2/c24-21-20-17-9-2-1-3-10-18(17)32-22(20)26-19(25-21)14-31-23(28)15-7-6-8-16(13-15)33(29,30)27-11-4-5-12-27/h6-8,13H,1-5,9-12,14H2,(H2,24,25,26). The number of rotatable bonds is 5. The van der Waals surface area contributed by atoms with Crippen LogP contribution in [0.1, 0.15) is 58.7 Å². The topological polar surface area (TPSA) is 115 Å². The highest BCUT2D eigenvalue weighted by Crippen LogP contribution is 2.37. The highest BCUT2D eigenvalue weighted by atomic mass is 32.2. The van der Waals surface area contributed by atoms with Gasteiger partial charge in [-0.1, -0.05) is 12.5 Å². The third kappa shape index (κ3) is 4.34. The van der Waals surface area contributed by atoms with Crippen molar-refractivity contribution in [3.8, 4) is 0 Å². The first kappa shape index (κ1) is 22.2. The van der Waals surface area contributed by atoms with Crippen LogP contribution in [-0.2, 0) is 34.2 Å². The van der Waals surface area contributed by atoms with E-state index in [1.165, 1.54) is 39.7 Å². The van der Waals surface area contributed by atoms with Gasteiger partial charge in [-0.15, -0.1) is 11.3 Å². The van der Waals surface area contributed by atoms with Crippen LogP contribution < -0.4 is 5.73 Å². The Bertz CT molecular complexity index is 1310. The number of aryl methyl sites for hydroxylation is 2. The van der Waals surface area contributed by atoms with E-state index < -0.39 is 16.0 Å². The molecule has 1 fully saturated rings. The molecule has 10 heteroatoms. The molecule has 1 aliphatic heterocycles. The third-order valence-corrected chi connectivity index (χ3v) is 9.32. The van der Waals surface area contributed by atoms with Gasteiger partial charge in [-0.05, 0) is 62.3 Å². The number of hydrogen-bond acceptors (Lipinski definition) is 8.